The lowest BCUT2D eigenvalue weighted by Crippen LogP contribution is -2.38. The van der Waals surface area contributed by atoms with Gasteiger partial charge in [-0.15, -0.1) is 0 Å². The summed E-state index contributed by atoms with van der Waals surface area (Å²) in [5.74, 6) is -0.204. The van der Waals surface area contributed by atoms with Crippen LogP contribution in [-0.2, 0) is 4.79 Å². The molecule has 0 aromatic carbocycles. The number of hydrogen-bond donors (Lipinski definition) is 1. The average molecular weight is 256 g/mol. The highest BCUT2D eigenvalue weighted by atomic mass is 16.4. The maximum atomic E-state index is 11.8. The van der Waals surface area contributed by atoms with E-state index < -0.39 is 11.4 Å². The van der Waals surface area contributed by atoms with E-state index >= 15 is 0 Å². The van der Waals surface area contributed by atoms with Crippen molar-refractivity contribution in [3.05, 3.63) is 0 Å². The van der Waals surface area contributed by atoms with Crippen molar-refractivity contribution < 1.29 is 9.90 Å². The maximum Gasteiger partial charge on any atom is 0.309 e. The molecule has 0 aliphatic carbocycles. The lowest BCUT2D eigenvalue weighted by molar-refractivity contribution is -0.154. The predicted octanol–water partition coefficient (Wildman–Crippen LogP) is 5.26. The van der Waals surface area contributed by atoms with Crippen molar-refractivity contribution in [3.8, 4) is 0 Å². The molecule has 0 bridgehead atoms. The summed E-state index contributed by atoms with van der Waals surface area (Å²) in [6.45, 7) is 8.55. The lowest BCUT2D eigenvalue weighted by Gasteiger charge is -2.37. The minimum atomic E-state index is -0.562. The molecule has 2 heteroatoms. The molecular weight excluding hydrogens is 224 g/mol. The van der Waals surface area contributed by atoms with E-state index in [2.05, 4.69) is 27.7 Å². The molecule has 18 heavy (non-hydrogen) atoms. The molecule has 0 saturated carbocycles. The zero-order chi connectivity index (χ0) is 14.0. The van der Waals surface area contributed by atoms with Gasteiger partial charge in [-0.25, -0.2) is 0 Å². The quantitative estimate of drug-likeness (QED) is 0.547. The molecule has 2 nitrogen and oxygen atoms in total. The number of rotatable bonds is 11. The second-order valence-electron chi connectivity index (χ2n) is 5.55. The van der Waals surface area contributed by atoms with Crippen molar-refractivity contribution in [2.75, 3.05) is 0 Å². The zero-order valence-corrected chi connectivity index (χ0v) is 12.8. The van der Waals surface area contributed by atoms with Crippen LogP contribution in [-0.4, -0.2) is 11.1 Å². The van der Waals surface area contributed by atoms with Crippen molar-refractivity contribution in [2.24, 2.45) is 11.3 Å². The van der Waals surface area contributed by atoms with Crippen LogP contribution in [0.5, 0.6) is 0 Å². The molecule has 0 aromatic heterocycles. The van der Waals surface area contributed by atoms with E-state index in [9.17, 15) is 9.90 Å². The average Bonchev–Trinajstić information content (AvgIpc) is 2.36. The molecule has 0 amide bonds. The van der Waals surface area contributed by atoms with Gasteiger partial charge in [-0.05, 0) is 31.6 Å². The summed E-state index contributed by atoms with van der Waals surface area (Å²) < 4.78 is 0. The van der Waals surface area contributed by atoms with Crippen molar-refractivity contribution in [3.63, 3.8) is 0 Å². The summed E-state index contributed by atoms with van der Waals surface area (Å²) in [5.41, 5.74) is -0.471. The standard InChI is InChI=1S/C16H32O2/c1-5-9-12-14(11-7-3)16(8-4,15(17)18)13-10-6-2/h14H,5-13H2,1-4H3,(H,17,18). The maximum absolute atomic E-state index is 11.8. The number of hydrogen-bond acceptors (Lipinski definition) is 1. The molecular formula is C16H32O2. The van der Waals surface area contributed by atoms with Gasteiger partial charge in [-0.3, -0.25) is 4.79 Å². The molecule has 0 fully saturated rings. The number of carboxylic acid groups (broad SMARTS) is 1. The fourth-order valence-corrected chi connectivity index (χ4v) is 3.09. The van der Waals surface area contributed by atoms with Gasteiger partial charge in [0, 0.05) is 0 Å². The molecule has 2 atom stereocenters. The molecule has 0 aliphatic heterocycles. The highest BCUT2D eigenvalue weighted by molar-refractivity contribution is 5.75. The Morgan fingerprint density at radius 1 is 1.00 bits per heavy atom. The van der Waals surface area contributed by atoms with Crippen LogP contribution in [0.4, 0.5) is 0 Å². The fourth-order valence-electron chi connectivity index (χ4n) is 3.09. The van der Waals surface area contributed by atoms with Gasteiger partial charge < -0.3 is 5.11 Å². The normalized spacial score (nSPS) is 16.2. The van der Waals surface area contributed by atoms with E-state index in [-0.39, 0.29) is 0 Å². The first-order valence-electron chi connectivity index (χ1n) is 7.82. The Morgan fingerprint density at radius 2 is 1.61 bits per heavy atom. The molecule has 0 rings (SSSR count). The Labute approximate surface area is 113 Å². The van der Waals surface area contributed by atoms with Crippen LogP contribution in [0, 0.1) is 11.3 Å². The molecule has 0 aromatic rings. The van der Waals surface area contributed by atoms with Crippen molar-refractivity contribution in [1.82, 2.24) is 0 Å². The van der Waals surface area contributed by atoms with Crippen LogP contribution in [0.15, 0.2) is 0 Å². The van der Waals surface area contributed by atoms with Gasteiger partial charge in [-0.2, -0.15) is 0 Å². The topological polar surface area (TPSA) is 37.3 Å². The number of aliphatic carboxylic acids is 1. The minimum Gasteiger partial charge on any atom is -0.481 e. The molecule has 108 valence electrons. The van der Waals surface area contributed by atoms with Gasteiger partial charge in [0.15, 0.2) is 0 Å². The third kappa shape index (κ3) is 4.62. The summed E-state index contributed by atoms with van der Waals surface area (Å²) >= 11 is 0. The van der Waals surface area contributed by atoms with Crippen LogP contribution >= 0.6 is 0 Å². The summed E-state index contributed by atoms with van der Waals surface area (Å²) in [7, 11) is 0. The SMILES string of the molecule is CCCCC(CCC)C(CC)(CCCC)C(=O)O. The van der Waals surface area contributed by atoms with Gasteiger partial charge >= 0.3 is 5.97 Å². The fraction of sp³-hybridized carbons (Fsp3) is 0.938. The van der Waals surface area contributed by atoms with E-state index in [0.717, 1.165) is 57.8 Å². The monoisotopic (exact) mass is 256 g/mol. The highest BCUT2D eigenvalue weighted by Crippen LogP contribution is 2.42. The summed E-state index contributed by atoms with van der Waals surface area (Å²) in [6, 6.07) is 0. The van der Waals surface area contributed by atoms with Crippen LogP contribution < -0.4 is 0 Å². The smallest absolute Gasteiger partial charge is 0.309 e. The highest BCUT2D eigenvalue weighted by Gasteiger charge is 2.42. The molecule has 0 aliphatic rings. The number of unbranched alkanes of at least 4 members (excludes halogenated alkanes) is 2. The first kappa shape index (κ1) is 17.5. The van der Waals surface area contributed by atoms with E-state index in [1.807, 2.05) is 0 Å². The summed E-state index contributed by atoms with van der Waals surface area (Å²) in [5, 5.41) is 9.75. The first-order chi connectivity index (χ1) is 8.58. The van der Waals surface area contributed by atoms with Gasteiger partial charge in [0.05, 0.1) is 5.41 Å². The predicted molar refractivity (Wildman–Crippen MR) is 77.8 cm³/mol. The van der Waals surface area contributed by atoms with E-state index in [1.54, 1.807) is 0 Å². The largest absolute Gasteiger partial charge is 0.481 e. The van der Waals surface area contributed by atoms with Crippen LogP contribution in [0.1, 0.15) is 85.5 Å². The third-order valence-electron chi connectivity index (χ3n) is 4.36. The van der Waals surface area contributed by atoms with Crippen LogP contribution in [0.3, 0.4) is 0 Å². The molecule has 1 N–H and O–H groups in total. The van der Waals surface area contributed by atoms with Gasteiger partial charge in [0.2, 0.25) is 0 Å². The second-order valence-corrected chi connectivity index (χ2v) is 5.55. The molecule has 2 unspecified atom stereocenters. The Bertz CT molecular complexity index is 225. The molecule has 0 spiro atoms. The molecule has 0 heterocycles. The second kappa shape index (κ2) is 9.41. The third-order valence-corrected chi connectivity index (χ3v) is 4.36. The molecule has 0 saturated heterocycles. The first-order valence-corrected chi connectivity index (χ1v) is 7.82. The Hall–Kier alpha value is -0.530. The minimum absolute atomic E-state index is 0.358. The zero-order valence-electron chi connectivity index (χ0n) is 12.8. The van der Waals surface area contributed by atoms with Gasteiger partial charge in [0.1, 0.15) is 0 Å². The van der Waals surface area contributed by atoms with E-state index in [1.165, 1.54) is 0 Å². The Morgan fingerprint density at radius 3 is 2.00 bits per heavy atom. The Kier molecular flexibility index (Phi) is 9.13. The lowest BCUT2D eigenvalue weighted by atomic mass is 9.66. The number of carbonyl (C=O) groups is 1. The van der Waals surface area contributed by atoms with Gasteiger partial charge in [-0.1, -0.05) is 59.8 Å². The number of carboxylic acids is 1. The van der Waals surface area contributed by atoms with Crippen molar-refractivity contribution in [2.45, 2.75) is 85.5 Å². The van der Waals surface area contributed by atoms with Crippen LogP contribution in [0.2, 0.25) is 0 Å². The van der Waals surface area contributed by atoms with E-state index in [4.69, 9.17) is 0 Å². The molecule has 0 radical (unpaired) electrons. The van der Waals surface area contributed by atoms with Gasteiger partial charge in [0.25, 0.3) is 0 Å². The van der Waals surface area contributed by atoms with Crippen molar-refractivity contribution in [1.29, 1.82) is 0 Å². The van der Waals surface area contributed by atoms with Crippen molar-refractivity contribution >= 4 is 5.97 Å². The summed E-state index contributed by atoms with van der Waals surface area (Å²) in [4.78, 5) is 11.8. The van der Waals surface area contributed by atoms with Crippen LogP contribution in [0.25, 0.3) is 0 Å². The van der Waals surface area contributed by atoms with E-state index in [0.29, 0.717) is 5.92 Å². The Balaban J connectivity index is 4.98. The summed E-state index contributed by atoms with van der Waals surface area (Å²) in [6.07, 6.45) is 9.29.